The third-order valence-electron chi connectivity index (χ3n) is 2.88. The molecule has 0 aliphatic rings. The number of rotatable bonds is 7. The number of carbonyl (C=O) groups is 1. The second-order valence-corrected chi connectivity index (χ2v) is 4.64. The summed E-state index contributed by atoms with van der Waals surface area (Å²) >= 11 is 3.97. The highest BCUT2D eigenvalue weighted by Crippen LogP contribution is 2.18. The maximum absolute atomic E-state index is 11.3. The van der Waals surface area contributed by atoms with Crippen LogP contribution in [0.15, 0.2) is 30.3 Å². The zero-order chi connectivity index (χ0) is 11.8. The van der Waals surface area contributed by atoms with Crippen molar-refractivity contribution in [2.75, 3.05) is 0 Å². The van der Waals surface area contributed by atoms with Gasteiger partial charge >= 0.3 is 0 Å². The Hall–Kier alpha value is -0.760. The van der Waals surface area contributed by atoms with Crippen LogP contribution in [0, 0.1) is 5.92 Å². The predicted molar refractivity (Wildman–Crippen MR) is 71.8 cm³/mol. The summed E-state index contributed by atoms with van der Waals surface area (Å²) in [6.45, 7) is 2.15. The second-order valence-electron chi connectivity index (χ2n) is 4.20. The molecule has 2 heteroatoms. The first kappa shape index (κ1) is 13.3. The monoisotopic (exact) mass is 236 g/mol. The van der Waals surface area contributed by atoms with E-state index in [0.29, 0.717) is 0 Å². The van der Waals surface area contributed by atoms with E-state index in [9.17, 15) is 4.79 Å². The molecule has 0 N–H and O–H groups in total. The summed E-state index contributed by atoms with van der Waals surface area (Å²) in [7, 11) is 0. The first-order valence-electron chi connectivity index (χ1n) is 6.00. The fraction of sp³-hybridized carbons (Fsp3) is 0.500. The van der Waals surface area contributed by atoms with Gasteiger partial charge in [0.15, 0.2) is 5.12 Å². The van der Waals surface area contributed by atoms with Crippen LogP contribution < -0.4 is 0 Å². The predicted octanol–water partition coefficient (Wildman–Crippen LogP) is 3.88. The van der Waals surface area contributed by atoms with Crippen LogP contribution in [0.4, 0.5) is 0 Å². The van der Waals surface area contributed by atoms with E-state index >= 15 is 0 Å². The topological polar surface area (TPSA) is 17.1 Å². The quantitative estimate of drug-likeness (QED) is 0.711. The molecular weight excluding hydrogens is 216 g/mol. The maximum Gasteiger partial charge on any atom is 0.189 e. The van der Waals surface area contributed by atoms with E-state index in [0.717, 1.165) is 32.1 Å². The Morgan fingerprint density at radius 2 is 1.94 bits per heavy atom. The van der Waals surface area contributed by atoms with Gasteiger partial charge in [-0.3, -0.25) is 4.79 Å². The Morgan fingerprint density at radius 1 is 1.25 bits per heavy atom. The second kappa shape index (κ2) is 7.50. The van der Waals surface area contributed by atoms with E-state index in [4.69, 9.17) is 0 Å². The molecule has 0 saturated heterocycles. The van der Waals surface area contributed by atoms with Gasteiger partial charge in [-0.05, 0) is 24.8 Å². The zero-order valence-electron chi connectivity index (χ0n) is 9.86. The van der Waals surface area contributed by atoms with Crippen molar-refractivity contribution in [2.24, 2.45) is 5.92 Å². The molecule has 1 nitrogen and oxygen atoms in total. The van der Waals surface area contributed by atoms with Gasteiger partial charge in [-0.15, -0.1) is 12.6 Å². The largest absolute Gasteiger partial charge is 0.287 e. The summed E-state index contributed by atoms with van der Waals surface area (Å²) in [6.07, 6.45) is 5.13. The van der Waals surface area contributed by atoms with Gasteiger partial charge in [0.1, 0.15) is 0 Å². The highest BCUT2D eigenvalue weighted by atomic mass is 32.1. The molecule has 16 heavy (non-hydrogen) atoms. The summed E-state index contributed by atoms with van der Waals surface area (Å²) < 4.78 is 0. The lowest BCUT2D eigenvalue weighted by molar-refractivity contribution is -0.114. The first-order chi connectivity index (χ1) is 7.74. The highest BCUT2D eigenvalue weighted by molar-refractivity contribution is 7.96. The minimum Gasteiger partial charge on any atom is -0.287 e. The van der Waals surface area contributed by atoms with E-state index in [-0.39, 0.29) is 11.0 Å². The van der Waals surface area contributed by atoms with Crippen molar-refractivity contribution in [1.82, 2.24) is 0 Å². The van der Waals surface area contributed by atoms with Gasteiger partial charge in [-0.2, -0.15) is 0 Å². The summed E-state index contributed by atoms with van der Waals surface area (Å²) in [6, 6.07) is 10.3. The van der Waals surface area contributed by atoms with Gasteiger partial charge in [0.25, 0.3) is 0 Å². The van der Waals surface area contributed by atoms with Gasteiger partial charge in [0, 0.05) is 5.92 Å². The standard InChI is InChI=1S/C14H20OS/c1-2-3-9-13(14(15)16)11-10-12-7-5-4-6-8-12/h4-8,13H,2-3,9-11H2,1H3,(H,15,16). The zero-order valence-corrected chi connectivity index (χ0v) is 10.7. The van der Waals surface area contributed by atoms with E-state index in [1.54, 1.807) is 0 Å². The first-order valence-corrected chi connectivity index (χ1v) is 6.45. The fourth-order valence-corrected chi connectivity index (χ4v) is 2.09. The van der Waals surface area contributed by atoms with Crippen molar-refractivity contribution in [1.29, 1.82) is 0 Å². The van der Waals surface area contributed by atoms with Gasteiger partial charge in [0.2, 0.25) is 0 Å². The minimum atomic E-state index is 0.0457. The number of hydrogen-bond donors (Lipinski definition) is 1. The molecule has 0 heterocycles. The number of aryl methyl sites for hydroxylation is 1. The van der Waals surface area contributed by atoms with E-state index in [1.807, 2.05) is 18.2 Å². The number of unbranched alkanes of at least 4 members (excludes halogenated alkanes) is 1. The third-order valence-corrected chi connectivity index (χ3v) is 3.24. The molecule has 1 atom stereocenters. The van der Waals surface area contributed by atoms with Gasteiger partial charge in [0.05, 0.1) is 0 Å². The van der Waals surface area contributed by atoms with Crippen LogP contribution in [0.2, 0.25) is 0 Å². The summed E-state index contributed by atoms with van der Waals surface area (Å²) in [5.74, 6) is 0.128. The van der Waals surface area contributed by atoms with E-state index < -0.39 is 0 Å². The maximum atomic E-state index is 11.3. The normalized spacial score (nSPS) is 12.4. The number of hydrogen-bond acceptors (Lipinski definition) is 1. The van der Waals surface area contributed by atoms with E-state index in [1.165, 1.54) is 5.56 Å². The van der Waals surface area contributed by atoms with Gasteiger partial charge < -0.3 is 0 Å². The lowest BCUT2D eigenvalue weighted by Gasteiger charge is -2.12. The molecule has 1 aromatic rings. The molecule has 0 bridgehead atoms. The van der Waals surface area contributed by atoms with Crippen molar-refractivity contribution in [3.63, 3.8) is 0 Å². The van der Waals surface area contributed by atoms with Crippen molar-refractivity contribution in [3.8, 4) is 0 Å². The molecule has 0 aliphatic heterocycles. The average Bonchev–Trinajstić information content (AvgIpc) is 2.30. The summed E-state index contributed by atoms with van der Waals surface area (Å²) in [5.41, 5.74) is 1.30. The molecule has 0 fully saturated rings. The lowest BCUT2D eigenvalue weighted by Crippen LogP contribution is -2.10. The number of benzene rings is 1. The van der Waals surface area contributed by atoms with Crippen LogP contribution >= 0.6 is 12.6 Å². The molecule has 0 aliphatic carbocycles. The molecule has 1 aromatic carbocycles. The molecule has 0 saturated carbocycles. The smallest absolute Gasteiger partial charge is 0.189 e. The Morgan fingerprint density at radius 3 is 2.50 bits per heavy atom. The van der Waals surface area contributed by atoms with Crippen molar-refractivity contribution < 1.29 is 4.79 Å². The fourth-order valence-electron chi connectivity index (χ4n) is 1.83. The molecule has 1 rings (SSSR count). The summed E-state index contributed by atoms with van der Waals surface area (Å²) in [5, 5.41) is 0.0457. The summed E-state index contributed by atoms with van der Waals surface area (Å²) in [4.78, 5) is 11.3. The highest BCUT2D eigenvalue weighted by Gasteiger charge is 2.14. The Bertz CT molecular complexity index is 308. The molecule has 1 unspecified atom stereocenters. The van der Waals surface area contributed by atoms with Crippen LogP contribution in [0.5, 0.6) is 0 Å². The number of carbonyl (C=O) groups excluding carboxylic acids is 1. The Balaban J connectivity index is 2.41. The van der Waals surface area contributed by atoms with Crippen molar-refractivity contribution in [2.45, 2.75) is 39.0 Å². The molecule has 0 amide bonds. The van der Waals surface area contributed by atoms with Crippen LogP contribution in [-0.4, -0.2) is 5.12 Å². The molecule has 0 spiro atoms. The van der Waals surface area contributed by atoms with Crippen molar-refractivity contribution in [3.05, 3.63) is 35.9 Å². The minimum absolute atomic E-state index is 0.0457. The number of thiol groups is 1. The lowest BCUT2D eigenvalue weighted by atomic mass is 9.95. The molecule has 0 radical (unpaired) electrons. The van der Waals surface area contributed by atoms with Crippen LogP contribution in [-0.2, 0) is 11.2 Å². The van der Waals surface area contributed by atoms with Crippen molar-refractivity contribution >= 4 is 17.7 Å². The molecule has 0 aromatic heterocycles. The SMILES string of the molecule is CCCCC(CCc1ccccc1)C(=O)S. The van der Waals surface area contributed by atoms with Gasteiger partial charge in [-0.25, -0.2) is 0 Å². The molecular formula is C14H20OS. The van der Waals surface area contributed by atoms with Crippen LogP contribution in [0.25, 0.3) is 0 Å². The van der Waals surface area contributed by atoms with Gasteiger partial charge in [-0.1, -0.05) is 50.1 Å². The Labute approximate surface area is 104 Å². The third kappa shape index (κ3) is 4.84. The average molecular weight is 236 g/mol. The van der Waals surface area contributed by atoms with Crippen LogP contribution in [0.3, 0.4) is 0 Å². The Kier molecular flexibility index (Phi) is 6.24. The van der Waals surface area contributed by atoms with Crippen LogP contribution in [0.1, 0.15) is 38.2 Å². The molecule has 88 valence electrons. The van der Waals surface area contributed by atoms with E-state index in [2.05, 4.69) is 31.7 Å².